The van der Waals surface area contributed by atoms with Crippen LogP contribution in [-0.4, -0.2) is 18.2 Å². The van der Waals surface area contributed by atoms with Gasteiger partial charge in [0.25, 0.3) is 0 Å². The van der Waals surface area contributed by atoms with Crippen LogP contribution >= 0.6 is 0 Å². The van der Waals surface area contributed by atoms with Gasteiger partial charge in [0.2, 0.25) is 0 Å². The third kappa shape index (κ3) is 4.52. The van der Waals surface area contributed by atoms with Crippen molar-refractivity contribution in [2.45, 2.75) is 52.4 Å². The molecule has 2 N–H and O–H groups in total. The topological polar surface area (TPSA) is 32.3 Å². The smallest absolute Gasteiger partial charge is 0.115 e. The van der Waals surface area contributed by atoms with Crippen LogP contribution in [0.5, 0.6) is 5.75 Å². The van der Waals surface area contributed by atoms with Crippen molar-refractivity contribution in [3.05, 3.63) is 29.8 Å². The second kappa shape index (κ2) is 7.12. The monoisotopic (exact) mass is 275 g/mol. The van der Waals surface area contributed by atoms with Gasteiger partial charge in [-0.05, 0) is 54.8 Å². The molecule has 0 bridgehead atoms. The van der Waals surface area contributed by atoms with E-state index in [9.17, 15) is 5.11 Å². The summed E-state index contributed by atoms with van der Waals surface area (Å²) in [5.41, 5.74) is 1.67. The Balaban J connectivity index is 2.02. The molecule has 1 aromatic carbocycles. The van der Waals surface area contributed by atoms with Gasteiger partial charge in [-0.15, -0.1) is 0 Å². The molecule has 2 rings (SSSR count). The molecule has 112 valence electrons. The Labute approximate surface area is 123 Å². The molecule has 1 saturated carbocycles. The summed E-state index contributed by atoms with van der Waals surface area (Å²) in [6.07, 6.45) is 7.80. The Hall–Kier alpha value is -1.02. The van der Waals surface area contributed by atoms with Gasteiger partial charge in [0.1, 0.15) is 5.75 Å². The van der Waals surface area contributed by atoms with E-state index in [1.54, 1.807) is 6.07 Å². The second-order valence-electron chi connectivity index (χ2n) is 6.93. The van der Waals surface area contributed by atoms with Gasteiger partial charge in [0.15, 0.2) is 0 Å². The number of benzene rings is 1. The summed E-state index contributed by atoms with van der Waals surface area (Å²) in [6, 6.07) is 7.80. The molecule has 1 aliphatic rings. The van der Waals surface area contributed by atoms with Crippen molar-refractivity contribution in [1.82, 2.24) is 5.32 Å². The summed E-state index contributed by atoms with van der Waals surface area (Å²) < 4.78 is 0. The van der Waals surface area contributed by atoms with Crippen molar-refractivity contribution < 1.29 is 5.11 Å². The lowest BCUT2D eigenvalue weighted by atomic mass is 9.70. The normalized spacial score (nSPS) is 18.4. The summed E-state index contributed by atoms with van der Waals surface area (Å²) in [6.45, 7) is 6.73. The molecule has 0 unspecified atom stereocenters. The zero-order valence-electron chi connectivity index (χ0n) is 13.0. The third-order valence-corrected chi connectivity index (χ3v) is 4.46. The van der Waals surface area contributed by atoms with E-state index in [4.69, 9.17) is 0 Å². The van der Waals surface area contributed by atoms with Gasteiger partial charge in [-0.3, -0.25) is 0 Å². The first kappa shape index (κ1) is 15.4. The summed E-state index contributed by atoms with van der Waals surface area (Å²) in [5, 5.41) is 13.3. The predicted molar refractivity (Wildman–Crippen MR) is 85.0 cm³/mol. The largest absolute Gasteiger partial charge is 0.508 e. The lowest BCUT2D eigenvalue weighted by Gasteiger charge is -2.38. The Morgan fingerprint density at radius 1 is 1.20 bits per heavy atom. The van der Waals surface area contributed by atoms with Crippen LogP contribution in [0, 0.1) is 11.3 Å². The molecule has 2 nitrogen and oxygen atoms in total. The maximum absolute atomic E-state index is 9.66. The first-order valence-electron chi connectivity index (χ1n) is 8.08. The average Bonchev–Trinajstić information content (AvgIpc) is 2.39. The number of rotatable bonds is 6. The van der Waals surface area contributed by atoms with Crippen molar-refractivity contribution in [2.75, 3.05) is 13.1 Å². The van der Waals surface area contributed by atoms with Crippen LogP contribution in [-0.2, 0) is 6.42 Å². The van der Waals surface area contributed by atoms with Crippen LogP contribution in [0.1, 0.15) is 51.5 Å². The third-order valence-electron chi connectivity index (χ3n) is 4.46. The predicted octanol–water partition coefficient (Wildman–Crippen LogP) is 4.13. The molecule has 0 amide bonds. The van der Waals surface area contributed by atoms with Crippen LogP contribution in [0.2, 0.25) is 0 Å². The first-order chi connectivity index (χ1) is 9.60. The van der Waals surface area contributed by atoms with Gasteiger partial charge < -0.3 is 10.4 Å². The summed E-state index contributed by atoms with van der Waals surface area (Å²) in [5.74, 6) is 1.10. The molecule has 0 atom stereocenters. The number of phenols is 1. The average molecular weight is 275 g/mol. The van der Waals surface area contributed by atoms with Crippen molar-refractivity contribution in [1.29, 1.82) is 0 Å². The van der Waals surface area contributed by atoms with E-state index in [0.29, 0.717) is 17.1 Å². The fraction of sp³-hybridized carbons (Fsp3) is 0.667. The minimum Gasteiger partial charge on any atom is -0.508 e. The molecule has 0 saturated heterocycles. The molecule has 0 heterocycles. The Morgan fingerprint density at radius 2 is 1.95 bits per heavy atom. The molecule has 1 aromatic rings. The van der Waals surface area contributed by atoms with E-state index < -0.39 is 0 Å². The van der Waals surface area contributed by atoms with Gasteiger partial charge in [-0.1, -0.05) is 45.2 Å². The number of nitrogens with one attached hydrogen (secondary N) is 1. The zero-order valence-corrected chi connectivity index (χ0v) is 13.0. The molecule has 2 heteroatoms. The fourth-order valence-electron chi connectivity index (χ4n) is 3.44. The SMILES string of the molecule is CC(C)CNCC1(Cc2cccc(O)c2)CCCCC1. The van der Waals surface area contributed by atoms with Gasteiger partial charge in [-0.2, -0.15) is 0 Å². The van der Waals surface area contributed by atoms with Crippen LogP contribution in [0.15, 0.2) is 24.3 Å². The molecular weight excluding hydrogens is 246 g/mol. The van der Waals surface area contributed by atoms with Gasteiger partial charge >= 0.3 is 0 Å². The summed E-state index contributed by atoms with van der Waals surface area (Å²) in [7, 11) is 0. The van der Waals surface area contributed by atoms with Crippen LogP contribution in [0.3, 0.4) is 0 Å². The van der Waals surface area contributed by atoms with Crippen LogP contribution in [0.4, 0.5) is 0 Å². The maximum atomic E-state index is 9.66. The van der Waals surface area contributed by atoms with Crippen molar-refractivity contribution in [3.8, 4) is 5.75 Å². The second-order valence-corrected chi connectivity index (χ2v) is 6.93. The maximum Gasteiger partial charge on any atom is 0.115 e. The van der Waals surface area contributed by atoms with Gasteiger partial charge in [-0.25, -0.2) is 0 Å². The summed E-state index contributed by atoms with van der Waals surface area (Å²) >= 11 is 0. The van der Waals surface area contributed by atoms with E-state index in [1.807, 2.05) is 12.1 Å². The number of aromatic hydroxyl groups is 1. The molecular formula is C18H29NO. The standard InChI is InChI=1S/C18H29NO/c1-15(2)13-19-14-18(9-4-3-5-10-18)12-16-7-6-8-17(20)11-16/h6-8,11,15,19-20H,3-5,9-10,12-14H2,1-2H3. The van der Waals surface area contributed by atoms with E-state index in [1.165, 1.54) is 37.7 Å². The lowest BCUT2D eigenvalue weighted by Crippen LogP contribution is -2.39. The van der Waals surface area contributed by atoms with Crippen molar-refractivity contribution in [2.24, 2.45) is 11.3 Å². The van der Waals surface area contributed by atoms with E-state index in [0.717, 1.165) is 19.5 Å². The lowest BCUT2D eigenvalue weighted by molar-refractivity contribution is 0.179. The molecule has 1 aliphatic carbocycles. The van der Waals surface area contributed by atoms with Gasteiger partial charge in [0.05, 0.1) is 0 Å². The van der Waals surface area contributed by atoms with Crippen LogP contribution < -0.4 is 5.32 Å². The number of phenolic OH excluding ortho intramolecular Hbond substituents is 1. The fourth-order valence-corrected chi connectivity index (χ4v) is 3.44. The van der Waals surface area contributed by atoms with E-state index in [-0.39, 0.29) is 0 Å². The minimum atomic E-state index is 0.390. The highest BCUT2D eigenvalue weighted by Gasteiger charge is 2.31. The molecule has 0 radical (unpaired) electrons. The van der Waals surface area contributed by atoms with Crippen molar-refractivity contribution >= 4 is 0 Å². The highest BCUT2D eigenvalue weighted by atomic mass is 16.3. The van der Waals surface area contributed by atoms with Crippen LogP contribution in [0.25, 0.3) is 0 Å². The Kier molecular flexibility index (Phi) is 5.47. The van der Waals surface area contributed by atoms with Crippen molar-refractivity contribution in [3.63, 3.8) is 0 Å². The summed E-state index contributed by atoms with van der Waals surface area (Å²) in [4.78, 5) is 0. The molecule has 1 fully saturated rings. The quantitative estimate of drug-likeness (QED) is 0.818. The first-order valence-corrected chi connectivity index (χ1v) is 8.08. The molecule has 0 aromatic heterocycles. The molecule has 0 aliphatic heterocycles. The highest BCUT2D eigenvalue weighted by Crippen LogP contribution is 2.39. The zero-order chi connectivity index (χ0) is 14.4. The molecule has 0 spiro atoms. The van der Waals surface area contributed by atoms with Gasteiger partial charge in [0, 0.05) is 6.54 Å². The Morgan fingerprint density at radius 3 is 2.60 bits per heavy atom. The van der Waals surface area contributed by atoms with E-state index in [2.05, 4.69) is 25.2 Å². The number of hydrogen-bond donors (Lipinski definition) is 2. The highest BCUT2D eigenvalue weighted by molar-refractivity contribution is 5.28. The minimum absolute atomic E-state index is 0.390. The molecule has 20 heavy (non-hydrogen) atoms. The number of hydrogen-bond acceptors (Lipinski definition) is 2. The van der Waals surface area contributed by atoms with E-state index >= 15 is 0 Å². The Bertz CT molecular complexity index is 408.